The Balaban J connectivity index is 2.49. The first-order valence-corrected chi connectivity index (χ1v) is 8.04. The Morgan fingerprint density at radius 1 is 1.26 bits per heavy atom. The second kappa shape index (κ2) is 6.35. The Morgan fingerprint density at radius 2 is 1.91 bits per heavy atom. The van der Waals surface area contributed by atoms with Gasteiger partial charge in [-0.05, 0) is 55.8 Å². The molecule has 0 amide bonds. The number of hydrogen-bond donors (Lipinski definition) is 0. The Hall–Kier alpha value is -1.82. The second-order valence-electron chi connectivity index (χ2n) is 6.32. The van der Waals surface area contributed by atoms with E-state index in [1.165, 1.54) is 7.11 Å². The van der Waals surface area contributed by atoms with Crippen molar-refractivity contribution in [2.45, 2.75) is 39.3 Å². The summed E-state index contributed by atoms with van der Waals surface area (Å²) in [6, 6.07) is 4.78. The maximum Gasteiger partial charge on any atom is 0.338 e. The number of fused-ring (bicyclic) bond motifs is 1. The molecule has 5 nitrogen and oxygen atoms in total. The zero-order chi connectivity index (χ0) is 17.4. The van der Waals surface area contributed by atoms with Gasteiger partial charge in [-0.1, -0.05) is 6.07 Å². The van der Waals surface area contributed by atoms with Crippen LogP contribution < -0.4 is 0 Å². The summed E-state index contributed by atoms with van der Waals surface area (Å²) < 4.78 is 12.8. The van der Waals surface area contributed by atoms with E-state index in [9.17, 15) is 9.59 Å². The zero-order valence-electron chi connectivity index (χ0n) is 13.8. The van der Waals surface area contributed by atoms with Crippen LogP contribution in [-0.4, -0.2) is 29.2 Å². The average molecular weight is 382 g/mol. The molecule has 0 spiro atoms. The molecule has 2 aromatic rings. The molecule has 1 atom stereocenters. The summed E-state index contributed by atoms with van der Waals surface area (Å²) in [7, 11) is 1.35. The lowest BCUT2D eigenvalue weighted by Crippen LogP contribution is -2.24. The van der Waals surface area contributed by atoms with Gasteiger partial charge in [-0.3, -0.25) is 0 Å². The van der Waals surface area contributed by atoms with Gasteiger partial charge in [-0.25, -0.2) is 9.59 Å². The van der Waals surface area contributed by atoms with Crippen LogP contribution in [0.5, 0.6) is 0 Å². The molecule has 23 heavy (non-hydrogen) atoms. The van der Waals surface area contributed by atoms with Gasteiger partial charge >= 0.3 is 11.9 Å². The highest BCUT2D eigenvalue weighted by molar-refractivity contribution is 9.10. The number of rotatable bonds is 3. The molecule has 1 aromatic heterocycles. The molecule has 0 bridgehead atoms. The van der Waals surface area contributed by atoms with E-state index < -0.39 is 17.6 Å². The van der Waals surface area contributed by atoms with Crippen LogP contribution in [0.4, 0.5) is 0 Å². The zero-order valence-corrected chi connectivity index (χ0v) is 15.4. The van der Waals surface area contributed by atoms with E-state index in [0.29, 0.717) is 5.56 Å². The van der Waals surface area contributed by atoms with E-state index in [1.807, 2.05) is 33.0 Å². The molecule has 1 unspecified atom stereocenters. The predicted molar refractivity (Wildman–Crippen MR) is 91.5 cm³/mol. The summed E-state index contributed by atoms with van der Waals surface area (Å²) in [5, 5.41) is 0.910. The Morgan fingerprint density at radius 3 is 2.48 bits per heavy atom. The summed E-state index contributed by atoms with van der Waals surface area (Å²) in [5.41, 5.74) is 0.642. The van der Waals surface area contributed by atoms with Crippen molar-refractivity contribution in [1.82, 2.24) is 4.57 Å². The van der Waals surface area contributed by atoms with Crippen molar-refractivity contribution in [3.05, 3.63) is 34.4 Å². The van der Waals surface area contributed by atoms with Gasteiger partial charge in [-0.15, -0.1) is 0 Å². The third kappa shape index (κ3) is 3.75. The quantitative estimate of drug-likeness (QED) is 0.751. The van der Waals surface area contributed by atoms with Crippen LogP contribution in [0, 0.1) is 0 Å². The van der Waals surface area contributed by atoms with Crippen molar-refractivity contribution >= 4 is 38.8 Å². The molecule has 0 saturated carbocycles. The molecule has 6 heteroatoms. The van der Waals surface area contributed by atoms with E-state index in [2.05, 4.69) is 15.9 Å². The van der Waals surface area contributed by atoms with Crippen molar-refractivity contribution in [2.24, 2.45) is 0 Å². The number of carbonyl (C=O) groups excluding carboxylic acids is 2. The largest absolute Gasteiger partial charge is 0.467 e. The summed E-state index contributed by atoms with van der Waals surface area (Å²) in [6.45, 7) is 7.21. The molecular formula is C17H20BrNO4. The lowest BCUT2D eigenvalue weighted by Gasteiger charge is -2.19. The average Bonchev–Trinajstić information content (AvgIpc) is 2.80. The topological polar surface area (TPSA) is 57.5 Å². The Bertz CT molecular complexity index is 758. The molecule has 124 valence electrons. The highest BCUT2D eigenvalue weighted by Gasteiger charge is 2.22. The fourth-order valence-corrected chi connectivity index (χ4v) is 2.83. The van der Waals surface area contributed by atoms with Crippen LogP contribution in [0.2, 0.25) is 0 Å². The number of halogens is 1. The lowest BCUT2D eigenvalue weighted by atomic mass is 10.1. The number of hydrogen-bond acceptors (Lipinski definition) is 4. The molecule has 0 radical (unpaired) electrons. The van der Waals surface area contributed by atoms with Crippen molar-refractivity contribution in [3.8, 4) is 0 Å². The maximum atomic E-state index is 12.2. The van der Waals surface area contributed by atoms with E-state index in [4.69, 9.17) is 9.47 Å². The number of benzene rings is 1. The first-order chi connectivity index (χ1) is 10.6. The number of esters is 2. The number of carbonyl (C=O) groups is 2. The first-order valence-electron chi connectivity index (χ1n) is 7.25. The van der Waals surface area contributed by atoms with Crippen molar-refractivity contribution in [3.63, 3.8) is 0 Å². The minimum absolute atomic E-state index is 0.350. The van der Waals surface area contributed by atoms with Gasteiger partial charge in [0, 0.05) is 16.1 Å². The molecule has 2 rings (SSSR count). The van der Waals surface area contributed by atoms with Gasteiger partial charge < -0.3 is 14.0 Å². The van der Waals surface area contributed by atoms with E-state index in [0.717, 1.165) is 15.4 Å². The highest BCUT2D eigenvalue weighted by Crippen LogP contribution is 2.30. The molecule has 1 heterocycles. The highest BCUT2D eigenvalue weighted by atomic mass is 79.9. The van der Waals surface area contributed by atoms with E-state index in [1.54, 1.807) is 23.6 Å². The monoisotopic (exact) mass is 381 g/mol. The third-order valence-corrected chi connectivity index (χ3v) is 4.01. The number of aromatic nitrogens is 1. The van der Waals surface area contributed by atoms with Gasteiger partial charge in [-0.2, -0.15) is 0 Å². The second-order valence-corrected chi connectivity index (χ2v) is 7.17. The van der Waals surface area contributed by atoms with Crippen LogP contribution in [0.3, 0.4) is 0 Å². The Labute approximate surface area is 143 Å². The molecule has 0 saturated heterocycles. The third-order valence-electron chi connectivity index (χ3n) is 3.38. The van der Waals surface area contributed by atoms with Crippen LogP contribution >= 0.6 is 15.9 Å². The molecular weight excluding hydrogens is 362 g/mol. The number of ether oxygens (including phenoxy) is 2. The molecule has 0 aliphatic rings. The van der Waals surface area contributed by atoms with Gasteiger partial charge in [0.2, 0.25) is 0 Å². The summed E-state index contributed by atoms with van der Waals surface area (Å²) in [6.07, 6.45) is 1.81. The molecule has 0 fully saturated rings. The van der Waals surface area contributed by atoms with Crippen LogP contribution in [0.1, 0.15) is 44.1 Å². The maximum absolute atomic E-state index is 12.2. The summed E-state index contributed by atoms with van der Waals surface area (Å²) in [5.74, 6) is -0.744. The van der Waals surface area contributed by atoms with Crippen LogP contribution in [0.25, 0.3) is 10.9 Å². The molecule has 1 aromatic carbocycles. The normalized spacial score (nSPS) is 13.0. The summed E-state index contributed by atoms with van der Waals surface area (Å²) >= 11 is 3.48. The molecule has 0 aliphatic heterocycles. The lowest BCUT2D eigenvalue weighted by molar-refractivity contribution is -0.143. The van der Waals surface area contributed by atoms with Gasteiger partial charge in [0.25, 0.3) is 0 Å². The van der Waals surface area contributed by atoms with Crippen LogP contribution in [-0.2, 0) is 14.3 Å². The summed E-state index contributed by atoms with van der Waals surface area (Å²) in [4.78, 5) is 24.1. The van der Waals surface area contributed by atoms with Crippen molar-refractivity contribution in [2.75, 3.05) is 7.11 Å². The minimum Gasteiger partial charge on any atom is -0.467 e. The molecule has 0 N–H and O–H groups in total. The minimum atomic E-state index is -0.562. The van der Waals surface area contributed by atoms with Gasteiger partial charge in [0.1, 0.15) is 11.6 Å². The predicted octanol–water partition coefficient (Wildman–Crippen LogP) is 4.09. The Kier molecular flexibility index (Phi) is 4.84. The SMILES string of the molecule is COC(=O)C(C)n1cc(Br)c2ccc(C(=O)OC(C)(C)C)cc21. The fourth-order valence-electron chi connectivity index (χ4n) is 2.28. The smallest absolute Gasteiger partial charge is 0.338 e. The van der Waals surface area contributed by atoms with E-state index in [-0.39, 0.29) is 5.97 Å². The fraction of sp³-hybridized carbons (Fsp3) is 0.412. The number of methoxy groups -OCH3 is 1. The standard InChI is InChI=1S/C17H20BrNO4/c1-10(15(20)22-5)19-9-13(18)12-7-6-11(8-14(12)19)16(21)23-17(2,3)4/h6-10H,1-5H3. The van der Waals surface area contributed by atoms with Crippen LogP contribution in [0.15, 0.2) is 28.9 Å². The van der Waals surface area contributed by atoms with Crippen molar-refractivity contribution < 1.29 is 19.1 Å². The van der Waals surface area contributed by atoms with Gasteiger partial charge in [0.05, 0.1) is 18.2 Å². The molecule has 0 aliphatic carbocycles. The van der Waals surface area contributed by atoms with E-state index >= 15 is 0 Å². The van der Waals surface area contributed by atoms with Gasteiger partial charge in [0.15, 0.2) is 0 Å². The van der Waals surface area contributed by atoms with Crippen molar-refractivity contribution in [1.29, 1.82) is 0 Å². The number of nitrogens with zero attached hydrogens (tertiary/aromatic N) is 1. The first kappa shape index (κ1) is 17.5.